The minimum atomic E-state index is -0.622. The van der Waals surface area contributed by atoms with Gasteiger partial charge in [-0.15, -0.1) is 0 Å². The van der Waals surface area contributed by atoms with Crippen LogP contribution in [0.2, 0.25) is 5.02 Å². The second kappa shape index (κ2) is 16.5. The lowest BCUT2D eigenvalue weighted by molar-refractivity contribution is -0.136. The first kappa shape index (κ1) is 36.0. The van der Waals surface area contributed by atoms with E-state index in [0.717, 1.165) is 67.1 Å². The number of unbranched alkanes of at least 4 members (excludes halogenated alkanes) is 3. The van der Waals surface area contributed by atoms with Crippen molar-refractivity contribution in [1.29, 1.82) is 0 Å². The van der Waals surface area contributed by atoms with Crippen molar-refractivity contribution >= 4 is 29.3 Å². The van der Waals surface area contributed by atoms with E-state index >= 15 is 0 Å². The minimum Gasteiger partial charge on any atom is -0.494 e. The summed E-state index contributed by atoms with van der Waals surface area (Å²) in [5.74, 6) is 2.14. The van der Waals surface area contributed by atoms with Gasteiger partial charge in [-0.25, -0.2) is 4.98 Å². The standard InChI is InChI=1S/C38H44ClN7O5/c1-44(2)24-35-42-22-33(45(35)3)25-8-10-28(11-9-25)51-34-19-27(39)20-41-31(34)21-40-16-6-4-5-7-17-50-29-12-13-30-26(18-29)23-46(38(30)49)32-14-15-36(47)43-37(32)48/h8-13,18-20,22,32,40H,4-7,14-17,21,23-24H2,1-3H3,(H,43,47,48). The van der Waals surface area contributed by atoms with E-state index < -0.39 is 11.9 Å². The summed E-state index contributed by atoms with van der Waals surface area (Å²) < 4.78 is 14.3. The van der Waals surface area contributed by atoms with Gasteiger partial charge in [-0.05, 0) is 87.9 Å². The molecule has 1 unspecified atom stereocenters. The minimum absolute atomic E-state index is 0.184. The van der Waals surface area contributed by atoms with Crippen molar-refractivity contribution < 1.29 is 23.9 Å². The number of piperidine rings is 1. The molecule has 6 rings (SSSR count). The molecule has 51 heavy (non-hydrogen) atoms. The maximum atomic E-state index is 12.9. The third kappa shape index (κ3) is 8.94. The van der Waals surface area contributed by atoms with E-state index in [1.54, 1.807) is 29.3 Å². The number of carbonyl (C=O) groups is 3. The highest BCUT2D eigenvalue weighted by molar-refractivity contribution is 6.30. The quantitative estimate of drug-likeness (QED) is 0.115. The van der Waals surface area contributed by atoms with Crippen molar-refractivity contribution in [2.24, 2.45) is 7.05 Å². The van der Waals surface area contributed by atoms with Gasteiger partial charge in [-0.1, -0.05) is 24.4 Å². The van der Waals surface area contributed by atoms with E-state index in [2.05, 4.69) is 30.1 Å². The van der Waals surface area contributed by atoms with Crippen LogP contribution in [-0.2, 0) is 36.3 Å². The predicted molar refractivity (Wildman–Crippen MR) is 194 cm³/mol. The van der Waals surface area contributed by atoms with Gasteiger partial charge in [0.25, 0.3) is 5.91 Å². The third-order valence-electron chi connectivity index (χ3n) is 9.12. The van der Waals surface area contributed by atoms with Crippen LogP contribution < -0.4 is 20.1 Å². The summed E-state index contributed by atoms with van der Waals surface area (Å²) in [7, 11) is 6.09. The van der Waals surface area contributed by atoms with Crippen LogP contribution in [0.15, 0.2) is 60.9 Å². The van der Waals surface area contributed by atoms with Gasteiger partial charge >= 0.3 is 0 Å². The van der Waals surface area contributed by atoms with Crippen LogP contribution in [0, 0.1) is 0 Å². The number of imide groups is 1. The zero-order chi connectivity index (χ0) is 35.9. The van der Waals surface area contributed by atoms with Crippen LogP contribution in [0.4, 0.5) is 0 Å². The molecular weight excluding hydrogens is 670 g/mol. The van der Waals surface area contributed by atoms with Crippen molar-refractivity contribution in [3.8, 4) is 28.5 Å². The Morgan fingerprint density at radius 3 is 2.55 bits per heavy atom. The summed E-state index contributed by atoms with van der Waals surface area (Å²) in [6, 6.07) is 14.6. The Labute approximate surface area is 303 Å². The van der Waals surface area contributed by atoms with Crippen LogP contribution in [0.5, 0.6) is 17.2 Å². The van der Waals surface area contributed by atoms with Crippen LogP contribution in [0.1, 0.15) is 66.0 Å². The Kier molecular flexibility index (Phi) is 11.7. The smallest absolute Gasteiger partial charge is 0.255 e. The van der Waals surface area contributed by atoms with Gasteiger partial charge in [-0.2, -0.15) is 0 Å². The van der Waals surface area contributed by atoms with Gasteiger partial charge in [0.15, 0.2) is 5.75 Å². The summed E-state index contributed by atoms with van der Waals surface area (Å²) >= 11 is 6.28. The van der Waals surface area contributed by atoms with Crippen LogP contribution in [0.3, 0.4) is 0 Å². The van der Waals surface area contributed by atoms with Crippen molar-refractivity contribution in [3.05, 3.63) is 88.6 Å². The summed E-state index contributed by atoms with van der Waals surface area (Å²) in [6.45, 7) is 3.07. The van der Waals surface area contributed by atoms with E-state index in [4.69, 9.17) is 21.1 Å². The molecule has 2 aromatic carbocycles. The molecule has 2 aliphatic rings. The zero-order valence-electron chi connectivity index (χ0n) is 29.3. The van der Waals surface area contributed by atoms with Crippen molar-refractivity contribution in [2.75, 3.05) is 27.2 Å². The molecule has 268 valence electrons. The van der Waals surface area contributed by atoms with E-state index in [1.165, 1.54) is 0 Å². The fourth-order valence-corrected chi connectivity index (χ4v) is 6.53. The Bertz CT molecular complexity index is 1880. The Hall–Kier alpha value is -4.78. The largest absolute Gasteiger partial charge is 0.494 e. The number of benzene rings is 2. The molecule has 13 heteroatoms. The Morgan fingerprint density at radius 1 is 0.980 bits per heavy atom. The number of pyridine rings is 1. The number of carbonyl (C=O) groups excluding carboxylic acids is 3. The maximum Gasteiger partial charge on any atom is 0.255 e. The van der Waals surface area contributed by atoms with Gasteiger partial charge in [0, 0.05) is 49.9 Å². The molecule has 0 spiro atoms. The Balaban J connectivity index is 0.899. The molecule has 0 radical (unpaired) electrons. The van der Waals surface area contributed by atoms with E-state index in [1.807, 2.05) is 57.7 Å². The Morgan fingerprint density at radius 2 is 1.76 bits per heavy atom. The van der Waals surface area contributed by atoms with Crippen LogP contribution in [-0.4, -0.2) is 75.3 Å². The predicted octanol–water partition coefficient (Wildman–Crippen LogP) is 5.48. The van der Waals surface area contributed by atoms with Crippen LogP contribution >= 0.6 is 11.6 Å². The van der Waals surface area contributed by atoms with E-state index in [9.17, 15) is 14.4 Å². The van der Waals surface area contributed by atoms with Crippen molar-refractivity contribution in [3.63, 3.8) is 0 Å². The lowest BCUT2D eigenvalue weighted by atomic mass is 10.0. The second-order valence-corrected chi connectivity index (χ2v) is 13.7. The number of hydrogen-bond acceptors (Lipinski definition) is 9. The molecule has 1 atom stereocenters. The van der Waals surface area contributed by atoms with Gasteiger partial charge < -0.3 is 29.2 Å². The zero-order valence-corrected chi connectivity index (χ0v) is 30.0. The summed E-state index contributed by atoms with van der Waals surface area (Å²) in [5.41, 5.74) is 4.30. The lowest BCUT2D eigenvalue weighted by Gasteiger charge is -2.29. The number of fused-ring (bicyclic) bond motifs is 1. The summed E-state index contributed by atoms with van der Waals surface area (Å²) in [4.78, 5) is 49.4. The molecule has 2 aliphatic heterocycles. The molecule has 1 saturated heterocycles. The third-order valence-corrected chi connectivity index (χ3v) is 9.33. The number of aromatic nitrogens is 3. The number of ether oxygens (including phenoxy) is 2. The normalized spacial score (nSPS) is 15.7. The molecule has 12 nitrogen and oxygen atoms in total. The highest BCUT2D eigenvalue weighted by Crippen LogP contribution is 2.31. The molecule has 1 fully saturated rings. The molecule has 4 aromatic rings. The fraction of sp³-hybridized carbons (Fsp3) is 0.395. The first-order chi connectivity index (χ1) is 24.7. The van der Waals surface area contributed by atoms with E-state index in [0.29, 0.717) is 54.0 Å². The number of halogens is 1. The molecule has 2 N–H and O–H groups in total. The molecule has 2 aromatic heterocycles. The molecule has 4 heterocycles. The molecule has 3 amide bonds. The number of amides is 3. The van der Waals surface area contributed by atoms with Gasteiger partial charge in [0.05, 0.1) is 35.8 Å². The molecule has 0 saturated carbocycles. The SMILES string of the molecule is CN(C)Cc1ncc(-c2ccc(Oc3cc(Cl)cnc3CNCCCCCCOc3ccc4c(c3)CN(C3CCC(=O)NC3=O)C4=O)cc2)n1C. The van der Waals surface area contributed by atoms with Gasteiger partial charge in [-0.3, -0.25) is 24.7 Å². The monoisotopic (exact) mass is 713 g/mol. The molecular formula is C38H44ClN7O5. The molecule has 0 aliphatic carbocycles. The van der Waals surface area contributed by atoms with Gasteiger partial charge in [0.1, 0.15) is 23.4 Å². The number of rotatable bonds is 16. The lowest BCUT2D eigenvalue weighted by Crippen LogP contribution is -2.52. The fourth-order valence-electron chi connectivity index (χ4n) is 6.38. The first-order valence-corrected chi connectivity index (χ1v) is 17.7. The molecule has 0 bridgehead atoms. The number of nitrogens with one attached hydrogen (secondary N) is 2. The average Bonchev–Trinajstić information content (AvgIpc) is 3.62. The number of imidazole rings is 1. The highest BCUT2D eigenvalue weighted by atomic mass is 35.5. The topological polar surface area (TPSA) is 131 Å². The number of nitrogens with zero attached hydrogens (tertiary/aromatic N) is 5. The van der Waals surface area contributed by atoms with Crippen molar-refractivity contribution in [2.45, 2.75) is 64.2 Å². The highest BCUT2D eigenvalue weighted by Gasteiger charge is 2.39. The summed E-state index contributed by atoms with van der Waals surface area (Å²) in [6.07, 6.45) is 8.10. The van der Waals surface area contributed by atoms with Gasteiger partial charge in [0.2, 0.25) is 11.8 Å². The second-order valence-electron chi connectivity index (χ2n) is 13.2. The maximum absolute atomic E-state index is 12.9. The average molecular weight is 714 g/mol. The first-order valence-electron chi connectivity index (χ1n) is 17.4. The number of hydrogen-bond donors (Lipinski definition) is 2. The van der Waals surface area contributed by atoms with Crippen molar-refractivity contribution in [1.82, 2.24) is 35.0 Å². The summed E-state index contributed by atoms with van der Waals surface area (Å²) in [5, 5.41) is 6.32. The van der Waals surface area contributed by atoms with Crippen LogP contribution in [0.25, 0.3) is 11.3 Å². The van der Waals surface area contributed by atoms with E-state index in [-0.39, 0.29) is 18.2 Å².